The number of carbonyl (C=O) groups excluding carboxylic acids is 2. The molecule has 0 unspecified atom stereocenters. The number of nitrogens with one attached hydrogen (secondary N) is 1. The van der Waals surface area contributed by atoms with E-state index >= 15 is 0 Å². The minimum Gasteiger partial charge on any atom is -0.342 e. The maximum atomic E-state index is 13.1. The molecular formula is C18H25N3O4S. The number of sulfonamides is 1. The minimum absolute atomic E-state index is 0.0101. The summed E-state index contributed by atoms with van der Waals surface area (Å²) in [5.41, 5.74) is 1.53. The highest BCUT2D eigenvalue weighted by molar-refractivity contribution is 7.89. The van der Waals surface area contributed by atoms with E-state index in [2.05, 4.69) is 5.32 Å². The molecule has 2 saturated heterocycles. The molecule has 1 N–H and O–H groups in total. The molecule has 2 aliphatic heterocycles. The lowest BCUT2D eigenvalue weighted by atomic mass is 9.97. The van der Waals surface area contributed by atoms with Crippen molar-refractivity contribution < 1.29 is 18.0 Å². The largest absolute Gasteiger partial charge is 0.342 e. The smallest absolute Gasteiger partial charge is 0.246 e. The summed E-state index contributed by atoms with van der Waals surface area (Å²) in [4.78, 5) is 26.9. The van der Waals surface area contributed by atoms with Gasteiger partial charge in [-0.15, -0.1) is 0 Å². The monoisotopic (exact) mass is 379 g/mol. The molecule has 142 valence electrons. The van der Waals surface area contributed by atoms with Gasteiger partial charge in [-0.3, -0.25) is 9.59 Å². The Bertz CT molecular complexity index is 850. The molecule has 3 rings (SSSR count). The number of rotatable bonds is 3. The first-order valence-electron chi connectivity index (χ1n) is 8.81. The number of hydrogen-bond donors (Lipinski definition) is 1. The molecule has 8 heteroatoms. The fourth-order valence-electron chi connectivity index (χ4n) is 3.53. The van der Waals surface area contributed by atoms with Crippen molar-refractivity contribution in [2.24, 2.45) is 5.92 Å². The van der Waals surface area contributed by atoms with Gasteiger partial charge < -0.3 is 10.2 Å². The van der Waals surface area contributed by atoms with E-state index in [1.807, 2.05) is 26.8 Å². The number of nitrogens with zero attached hydrogens (tertiary/aromatic N) is 2. The second-order valence-corrected chi connectivity index (χ2v) is 9.32. The first kappa shape index (κ1) is 18.8. The maximum Gasteiger partial charge on any atom is 0.246 e. The van der Waals surface area contributed by atoms with E-state index in [1.165, 1.54) is 9.21 Å². The van der Waals surface area contributed by atoms with Crippen molar-refractivity contribution in [2.75, 3.05) is 19.6 Å². The Hall–Kier alpha value is -1.93. The zero-order valence-corrected chi connectivity index (χ0v) is 16.3. The Balaban J connectivity index is 1.87. The number of amides is 2. The van der Waals surface area contributed by atoms with Gasteiger partial charge in [-0.05, 0) is 37.0 Å². The molecule has 1 aromatic rings. The predicted molar refractivity (Wildman–Crippen MR) is 96.9 cm³/mol. The molecular weight excluding hydrogens is 354 g/mol. The molecule has 7 nitrogen and oxygen atoms in total. The molecule has 2 fully saturated rings. The summed E-state index contributed by atoms with van der Waals surface area (Å²) in [5, 5.41) is 2.75. The Morgan fingerprint density at radius 1 is 1.15 bits per heavy atom. The van der Waals surface area contributed by atoms with Crippen LogP contribution >= 0.6 is 0 Å². The third-order valence-electron chi connectivity index (χ3n) is 5.12. The number of benzene rings is 1. The van der Waals surface area contributed by atoms with Crippen LogP contribution in [-0.2, 0) is 19.6 Å². The summed E-state index contributed by atoms with van der Waals surface area (Å²) in [6.45, 7) is 7.76. The van der Waals surface area contributed by atoms with Gasteiger partial charge in [-0.25, -0.2) is 8.42 Å². The zero-order chi connectivity index (χ0) is 19.2. The Kier molecular flexibility index (Phi) is 4.83. The molecule has 0 radical (unpaired) electrons. The van der Waals surface area contributed by atoms with Crippen LogP contribution in [0, 0.1) is 19.8 Å². The van der Waals surface area contributed by atoms with Crippen LogP contribution in [0.15, 0.2) is 23.1 Å². The third kappa shape index (κ3) is 3.12. The third-order valence-corrected chi connectivity index (χ3v) is 7.13. The molecule has 0 aliphatic carbocycles. The lowest BCUT2D eigenvalue weighted by molar-refractivity contribution is -0.152. The van der Waals surface area contributed by atoms with E-state index in [9.17, 15) is 18.0 Å². The lowest BCUT2D eigenvalue weighted by Gasteiger charge is -2.45. The molecule has 2 amide bonds. The summed E-state index contributed by atoms with van der Waals surface area (Å²) >= 11 is 0. The Morgan fingerprint density at radius 2 is 1.85 bits per heavy atom. The molecule has 2 heterocycles. The first-order valence-corrected chi connectivity index (χ1v) is 10.2. The van der Waals surface area contributed by atoms with Crippen LogP contribution in [0.5, 0.6) is 0 Å². The van der Waals surface area contributed by atoms with Gasteiger partial charge in [-0.1, -0.05) is 26.0 Å². The number of aryl methyl sites for hydroxylation is 2. The van der Waals surface area contributed by atoms with Gasteiger partial charge in [-0.2, -0.15) is 4.31 Å². The van der Waals surface area contributed by atoms with Crippen molar-refractivity contribution in [3.63, 3.8) is 0 Å². The van der Waals surface area contributed by atoms with Crippen LogP contribution in [0.25, 0.3) is 0 Å². The summed E-state index contributed by atoms with van der Waals surface area (Å²) in [5.74, 6) is -0.429. The van der Waals surface area contributed by atoms with E-state index < -0.39 is 22.1 Å². The van der Waals surface area contributed by atoms with Crippen molar-refractivity contribution in [3.8, 4) is 0 Å². The van der Waals surface area contributed by atoms with Crippen molar-refractivity contribution in [3.05, 3.63) is 29.3 Å². The molecule has 0 aromatic heterocycles. The van der Waals surface area contributed by atoms with Crippen LogP contribution < -0.4 is 5.32 Å². The highest BCUT2D eigenvalue weighted by Crippen LogP contribution is 2.26. The van der Waals surface area contributed by atoms with Gasteiger partial charge in [0.25, 0.3) is 0 Å². The summed E-state index contributed by atoms with van der Waals surface area (Å²) in [6.07, 6.45) is 0. The second-order valence-electron chi connectivity index (χ2n) is 7.41. The Labute approximate surface area is 154 Å². The summed E-state index contributed by atoms with van der Waals surface area (Å²) in [7, 11) is -3.72. The van der Waals surface area contributed by atoms with E-state index in [-0.39, 0.29) is 42.3 Å². The van der Waals surface area contributed by atoms with Gasteiger partial charge in [0.15, 0.2) is 0 Å². The summed E-state index contributed by atoms with van der Waals surface area (Å²) in [6, 6.07) is 3.98. The predicted octanol–water partition coefficient (Wildman–Crippen LogP) is 0.659. The lowest BCUT2D eigenvalue weighted by Crippen LogP contribution is -2.70. The molecule has 1 aromatic carbocycles. The fraction of sp³-hybridized carbons (Fsp3) is 0.556. The average molecular weight is 379 g/mol. The minimum atomic E-state index is -3.72. The van der Waals surface area contributed by atoms with Crippen LogP contribution in [0.2, 0.25) is 0 Å². The zero-order valence-electron chi connectivity index (χ0n) is 15.5. The van der Waals surface area contributed by atoms with Crippen molar-refractivity contribution in [1.82, 2.24) is 14.5 Å². The van der Waals surface area contributed by atoms with E-state index in [1.54, 1.807) is 19.1 Å². The van der Waals surface area contributed by atoms with Crippen molar-refractivity contribution in [1.29, 1.82) is 0 Å². The number of piperazine rings is 2. The SMILES string of the molecule is Cc1ccc(C)c(S(=O)(=O)N2CCN3C(=O)[C@@H](C(C)C)NC(=O)[C@H]3C2)c1. The van der Waals surface area contributed by atoms with E-state index in [0.29, 0.717) is 5.56 Å². The van der Waals surface area contributed by atoms with Crippen LogP contribution in [0.3, 0.4) is 0 Å². The van der Waals surface area contributed by atoms with Gasteiger partial charge in [0, 0.05) is 19.6 Å². The normalized spacial score (nSPS) is 24.6. The quantitative estimate of drug-likeness (QED) is 0.836. The number of hydrogen-bond acceptors (Lipinski definition) is 4. The molecule has 0 saturated carbocycles. The van der Waals surface area contributed by atoms with Crippen LogP contribution in [0.1, 0.15) is 25.0 Å². The molecule has 26 heavy (non-hydrogen) atoms. The van der Waals surface area contributed by atoms with Crippen molar-refractivity contribution >= 4 is 21.8 Å². The molecule has 0 bridgehead atoms. The van der Waals surface area contributed by atoms with E-state index in [4.69, 9.17) is 0 Å². The molecule has 2 atom stereocenters. The topological polar surface area (TPSA) is 86.8 Å². The fourth-order valence-corrected chi connectivity index (χ4v) is 5.28. The Morgan fingerprint density at radius 3 is 2.50 bits per heavy atom. The first-order chi connectivity index (χ1) is 12.1. The van der Waals surface area contributed by atoms with Gasteiger partial charge >= 0.3 is 0 Å². The van der Waals surface area contributed by atoms with Crippen LogP contribution in [0.4, 0.5) is 0 Å². The van der Waals surface area contributed by atoms with Gasteiger partial charge in [0.2, 0.25) is 21.8 Å². The highest BCUT2D eigenvalue weighted by atomic mass is 32.2. The number of fused-ring (bicyclic) bond motifs is 1. The van der Waals surface area contributed by atoms with Crippen molar-refractivity contribution in [2.45, 2.75) is 44.7 Å². The van der Waals surface area contributed by atoms with Crippen LogP contribution in [-0.4, -0.2) is 61.2 Å². The standard InChI is InChI=1S/C18H25N3O4S/c1-11(2)16-18(23)21-8-7-20(10-14(21)17(22)19-16)26(24,25)15-9-12(3)5-6-13(15)4/h5-6,9,11,14,16H,7-8,10H2,1-4H3,(H,19,22)/t14-,16-/m1/s1. The maximum absolute atomic E-state index is 13.1. The van der Waals surface area contributed by atoms with E-state index in [0.717, 1.165) is 5.56 Å². The molecule has 2 aliphatic rings. The van der Waals surface area contributed by atoms with Gasteiger partial charge in [0.05, 0.1) is 4.90 Å². The van der Waals surface area contributed by atoms with Gasteiger partial charge in [0.1, 0.15) is 12.1 Å². The molecule has 0 spiro atoms. The highest BCUT2D eigenvalue weighted by Gasteiger charge is 2.46. The number of carbonyl (C=O) groups is 2. The second kappa shape index (κ2) is 6.66. The summed E-state index contributed by atoms with van der Waals surface area (Å²) < 4.78 is 27.5. The average Bonchev–Trinajstić information content (AvgIpc) is 2.59.